The minimum Gasteiger partial charge on any atom is -0.379 e. The first-order chi connectivity index (χ1) is 14.7. The van der Waals surface area contributed by atoms with Gasteiger partial charge < -0.3 is 10.1 Å². The molecule has 0 radical (unpaired) electrons. The normalized spacial score (nSPS) is 14.8. The third-order valence-electron chi connectivity index (χ3n) is 5.29. The van der Waals surface area contributed by atoms with Gasteiger partial charge in [0.25, 0.3) is 0 Å². The van der Waals surface area contributed by atoms with Crippen LogP contribution in [-0.2, 0) is 18.3 Å². The lowest BCUT2D eigenvalue weighted by Gasteiger charge is -2.27. The highest BCUT2D eigenvalue weighted by Gasteiger charge is 2.13. The van der Waals surface area contributed by atoms with Gasteiger partial charge in [-0.15, -0.1) is 0 Å². The molecule has 0 amide bonds. The average Bonchev–Trinajstić information content (AvgIpc) is 3.21. The maximum atomic E-state index is 5.49. The summed E-state index contributed by atoms with van der Waals surface area (Å²) in [6.07, 6.45) is 5.78. The molecule has 2 aromatic heterocycles. The van der Waals surface area contributed by atoms with E-state index in [2.05, 4.69) is 43.5 Å². The molecule has 30 heavy (non-hydrogen) atoms. The molecule has 3 heterocycles. The molecule has 1 aliphatic rings. The number of aromatic nitrogens is 4. The van der Waals surface area contributed by atoms with Gasteiger partial charge in [-0.2, -0.15) is 5.10 Å². The molecule has 4 aromatic rings. The van der Waals surface area contributed by atoms with Crippen LogP contribution in [0.2, 0.25) is 0 Å². The highest BCUT2D eigenvalue weighted by atomic mass is 16.5. The van der Waals surface area contributed by atoms with E-state index in [1.165, 1.54) is 5.56 Å². The number of hydrogen-bond donors (Lipinski definition) is 1. The SMILES string of the molecule is Cn1cc(-c2cc(CN3CCOCC3)cc(Nc3ncc4ccccc4n3)c2)cn1. The van der Waals surface area contributed by atoms with E-state index in [0.29, 0.717) is 5.95 Å². The van der Waals surface area contributed by atoms with Crippen LogP contribution in [0.3, 0.4) is 0 Å². The summed E-state index contributed by atoms with van der Waals surface area (Å²) in [5, 5.41) is 8.76. The van der Waals surface area contributed by atoms with Crippen molar-refractivity contribution in [2.24, 2.45) is 7.05 Å². The van der Waals surface area contributed by atoms with Crippen LogP contribution in [-0.4, -0.2) is 51.0 Å². The monoisotopic (exact) mass is 400 g/mol. The summed E-state index contributed by atoms with van der Waals surface area (Å²) in [7, 11) is 1.93. The fourth-order valence-corrected chi connectivity index (χ4v) is 3.77. The number of ether oxygens (including phenoxy) is 1. The lowest BCUT2D eigenvalue weighted by atomic mass is 10.0. The van der Waals surface area contributed by atoms with Gasteiger partial charge in [-0.05, 0) is 35.4 Å². The molecular weight excluding hydrogens is 376 g/mol. The summed E-state index contributed by atoms with van der Waals surface area (Å²) in [5.41, 5.74) is 5.34. The molecule has 0 unspecified atom stereocenters. The molecular formula is C23H24N6O. The fourth-order valence-electron chi connectivity index (χ4n) is 3.77. The summed E-state index contributed by atoms with van der Waals surface area (Å²) in [6, 6.07) is 14.5. The highest BCUT2D eigenvalue weighted by Crippen LogP contribution is 2.27. The van der Waals surface area contributed by atoms with E-state index in [1.807, 2.05) is 54.6 Å². The van der Waals surface area contributed by atoms with Crippen LogP contribution < -0.4 is 5.32 Å². The lowest BCUT2D eigenvalue weighted by Crippen LogP contribution is -2.35. The Morgan fingerprint density at radius 2 is 1.90 bits per heavy atom. The Morgan fingerprint density at radius 3 is 2.73 bits per heavy atom. The van der Waals surface area contributed by atoms with E-state index in [1.54, 1.807) is 0 Å². The first-order valence-electron chi connectivity index (χ1n) is 10.1. The number of nitrogens with zero attached hydrogens (tertiary/aromatic N) is 5. The third-order valence-corrected chi connectivity index (χ3v) is 5.29. The number of hydrogen-bond acceptors (Lipinski definition) is 6. The first kappa shape index (κ1) is 18.7. The van der Waals surface area contributed by atoms with E-state index in [0.717, 1.165) is 60.6 Å². The van der Waals surface area contributed by atoms with E-state index in [-0.39, 0.29) is 0 Å². The van der Waals surface area contributed by atoms with Crippen LogP contribution >= 0.6 is 0 Å². The largest absolute Gasteiger partial charge is 0.379 e. The summed E-state index contributed by atoms with van der Waals surface area (Å²) in [6.45, 7) is 4.36. The topological polar surface area (TPSA) is 68.1 Å². The number of benzene rings is 2. The first-order valence-corrected chi connectivity index (χ1v) is 10.1. The minimum atomic E-state index is 0.592. The van der Waals surface area contributed by atoms with Crippen molar-refractivity contribution in [3.8, 4) is 11.1 Å². The van der Waals surface area contributed by atoms with E-state index in [4.69, 9.17) is 4.74 Å². The van der Waals surface area contributed by atoms with E-state index in [9.17, 15) is 0 Å². The Labute approximate surface area is 175 Å². The Hall–Kier alpha value is -3.29. The van der Waals surface area contributed by atoms with Crippen LogP contribution in [0.5, 0.6) is 0 Å². The molecule has 1 fully saturated rings. The lowest BCUT2D eigenvalue weighted by molar-refractivity contribution is 0.0342. The summed E-state index contributed by atoms with van der Waals surface area (Å²) >= 11 is 0. The molecule has 7 heteroatoms. The zero-order valence-electron chi connectivity index (χ0n) is 17.0. The zero-order chi connectivity index (χ0) is 20.3. The number of fused-ring (bicyclic) bond motifs is 1. The van der Waals surface area contributed by atoms with Crippen molar-refractivity contribution in [2.75, 3.05) is 31.6 Å². The Kier molecular flexibility index (Phi) is 5.13. The Bertz CT molecular complexity index is 1170. The van der Waals surface area contributed by atoms with Crippen LogP contribution in [0.25, 0.3) is 22.0 Å². The van der Waals surface area contributed by atoms with Gasteiger partial charge >= 0.3 is 0 Å². The van der Waals surface area contributed by atoms with Gasteiger partial charge in [-0.3, -0.25) is 9.58 Å². The summed E-state index contributed by atoms with van der Waals surface area (Å²) < 4.78 is 7.31. The molecule has 0 atom stereocenters. The second-order valence-corrected chi connectivity index (χ2v) is 7.59. The van der Waals surface area contributed by atoms with Crippen molar-refractivity contribution in [1.82, 2.24) is 24.6 Å². The van der Waals surface area contributed by atoms with Crippen molar-refractivity contribution in [2.45, 2.75) is 6.54 Å². The average molecular weight is 400 g/mol. The van der Waals surface area contributed by atoms with Gasteiger partial charge in [-0.25, -0.2) is 9.97 Å². The minimum absolute atomic E-state index is 0.592. The van der Waals surface area contributed by atoms with Gasteiger partial charge in [0, 0.05) is 55.7 Å². The molecule has 1 N–H and O–H groups in total. The van der Waals surface area contributed by atoms with Crippen LogP contribution in [0.15, 0.2) is 61.1 Å². The van der Waals surface area contributed by atoms with Crippen molar-refractivity contribution in [1.29, 1.82) is 0 Å². The third kappa shape index (κ3) is 4.17. The van der Waals surface area contributed by atoms with Gasteiger partial charge in [-0.1, -0.05) is 18.2 Å². The second kappa shape index (κ2) is 8.22. The van der Waals surface area contributed by atoms with Crippen molar-refractivity contribution < 1.29 is 4.74 Å². The molecule has 0 aliphatic carbocycles. The smallest absolute Gasteiger partial charge is 0.227 e. The molecule has 2 aromatic carbocycles. The molecule has 0 bridgehead atoms. The molecule has 0 spiro atoms. The van der Waals surface area contributed by atoms with E-state index >= 15 is 0 Å². The Morgan fingerprint density at radius 1 is 1.03 bits per heavy atom. The predicted octanol–water partition coefficient (Wildman–Crippen LogP) is 3.61. The maximum absolute atomic E-state index is 5.49. The number of nitrogens with one attached hydrogen (secondary N) is 1. The van der Waals surface area contributed by atoms with E-state index < -0.39 is 0 Å². The van der Waals surface area contributed by atoms with Gasteiger partial charge in [0.05, 0.1) is 24.9 Å². The molecule has 7 nitrogen and oxygen atoms in total. The molecule has 1 aliphatic heterocycles. The number of rotatable bonds is 5. The van der Waals surface area contributed by atoms with Gasteiger partial charge in [0.2, 0.25) is 5.95 Å². The zero-order valence-corrected chi connectivity index (χ0v) is 17.0. The van der Waals surface area contributed by atoms with Crippen LogP contribution in [0, 0.1) is 0 Å². The van der Waals surface area contributed by atoms with Gasteiger partial charge in [0.15, 0.2) is 0 Å². The molecule has 152 valence electrons. The Balaban J connectivity index is 1.47. The molecule has 0 saturated carbocycles. The number of para-hydroxylation sites is 1. The fraction of sp³-hybridized carbons (Fsp3) is 0.261. The van der Waals surface area contributed by atoms with Gasteiger partial charge in [0.1, 0.15) is 0 Å². The quantitative estimate of drug-likeness (QED) is 0.552. The van der Waals surface area contributed by atoms with Crippen molar-refractivity contribution >= 4 is 22.5 Å². The highest BCUT2D eigenvalue weighted by molar-refractivity contribution is 5.79. The van der Waals surface area contributed by atoms with Crippen molar-refractivity contribution in [3.05, 3.63) is 66.6 Å². The number of aryl methyl sites for hydroxylation is 1. The second-order valence-electron chi connectivity index (χ2n) is 7.59. The number of anilines is 2. The van der Waals surface area contributed by atoms with Crippen LogP contribution in [0.1, 0.15) is 5.56 Å². The molecule has 1 saturated heterocycles. The predicted molar refractivity (Wildman–Crippen MR) is 118 cm³/mol. The summed E-state index contributed by atoms with van der Waals surface area (Å²) in [4.78, 5) is 11.6. The van der Waals surface area contributed by atoms with Crippen molar-refractivity contribution in [3.63, 3.8) is 0 Å². The summed E-state index contributed by atoms with van der Waals surface area (Å²) in [5.74, 6) is 0.592. The standard InChI is InChI=1S/C23H24N6O/c1-28-16-20(14-25-28)19-10-17(15-29-6-8-30-9-7-29)11-21(12-19)26-23-24-13-18-4-2-3-5-22(18)27-23/h2-5,10-14,16H,6-9,15H2,1H3,(H,24,26,27). The number of morpholine rings is 1. The van der Waals surface area contributed by atoms with Crippen LogP contribution in [0.4, 0.5) is 11.6 Å². The maximum Gasteiger partial charge on any atom is 0.227 e. The molecule has 5 rings (SSSR count).